The Morgan fingerprint density at radius 1 is 0.415 bits per heavy atom. The number of benzene rings is 6. The highest BCUT2D eigenvalue weighted by atomic mass is 28.3. The predicted octanol–water partition coefficient (Wildman–Crippen LogP) is 6.06. The summed E-state index contributed by atoms with van der Waals surface area (Å²) in [6.07, 6.45) is -0.0266. The highest BCUT2D eigenvalue weighted by Gasteiger charge is 2.45. The van der Waals surface area contributed by atoms with Gasteiger partial charge in [-0.05, 0) is 57.1 Å². The molecule has 0 radical (unpaired) electrons. The van der Waals surface area contributed by atoms with Crippen LogP contribution in [-0.2, 0) is 0 Å². The summed E-state index contributed by atoms with van der Waals surface area (Å²) < 4.78 is 0. The molecular weight excluding hydrogens is 515 g/mol. The highest BCUT2D eigenvalue weighted by Crippen LogP contribution is 2.52. The number of anilines is 5. The van der Waals surface area contributed by atoms with Crippen molar-refractivity contribution in [3.8, 4) is 0 Å². The molecule has 8 rings (SSSR count). The maximum Gasteiger partial charge on any atom is 0.187 e. The van der Waals surface area contributed by atoms with Crippen LogP contribution >= 0.6 is 0 Å². The molecule has 0 saturated carbocycles. The number of fused-ring (bicyclic) bond motifs is 5. The molecule has 0 bridgehead atoms. The van der Waals surface area contributed by atoms with E-state index in [1.807, 2.05) is 0 Å². The largest absolute Gasteiger partial charge is 0.346 e. The molecule has 0 fully saturated rings. The van der Waals surface area contributed by atoms with Crippen molar-refractivity contribution in [2.45, 2.75) is 6.29 Å². The molecule has 0 aromatic heterocycles. The first-order chi connectivity index (χ1) is 20.4. The SMILES string of the molecule is c1ccc([Si](c2ccccc2)(c2ccccc2)c2cccc(N3c4ccccc4N4c5ccccc5NC34)c2)cc1. The van der Waals surface area contributed by atoms with E-state index in [1.54, 1.807) is 0 Å². The van der Waals surface area contributed by atoms with Crippen LogP contribution in [-0.4, -0.2) is 14.4 Å². The highest BCUT2D eigenvalue weighted by molar-refractivity contribution is 7.19. The first kappa shape index (κ1) is 23.8. The van der Waals surface area contributed by atoms with Gasteiger partial charge in [-0.2, -0.15) is 0 Å². The summed E-state index contributed by atoms with van der Waals surface area (Å²) in [6, 6.07) is 60.0. The molecule has 3 nitrogen and oxygen atoms in total. The average molecular weight is 544 g/mol. The number of hydrogen-bond acceptors (Lipinski definition) is 3. The van der Waals surface area contributed by atoms with E-state index in [9.17, 15) is 0 Å². The summed E-state index contributed by atoms with van der Waals surface area (Å²) in [4.78, 5) is 4.88. The average Bonchev–Trinajstić information content (AvgIpc) is 3.58. The topological polar surface area (TPSA) is 18.5 Å². The number of nitrogens with zero attached hydrogens (tertiary/aromatic N) is 2. The number of rotatable bonds is 5. The van der Waals surface area contributed by atoms with Gasteiger partial charge in [0.05, 0.1) is 22.7 Å². The molecule has 0 spiro atoms. The van der Waals surface area contributed by atoms with Gasteiger partial charge in [-0.25, -0.2) is 0 Å². The van der Waals surface area contributed by atoms with Gasteiger partial charge in [0, 0.05) is 5.69 Å². The molecule has 6 aromatic rings. The Morgan fingerprint density at radius 2 is 0.878 bits per heavy atom. The minimum Gasteiger partial charge on any atom is -0.346 e. The Balaban J connectivity index is 1.36. The molecule has 2 heterocycles. The second kappa shape index (κ2) is 9.54. The monoisotopic (exact) mass is 543 g/mol. The smallest absolute Gasteiger partial charge is 0.187 e. The first-order valence-corrected chi connectivity index (χ1v) is 16.2. The molecule has 1 unspecified atom stereocenters. The lowest BCUT2D eigenvalue weighted by atomic mass is 10.2. The van der Waals surface area contributed by atoms with E-state index in [-0.39, 0.29) is 6.29 Å². The third kappa shape index (κ3) is 3.58. The number of nitrogens with one attached hydrogen (secondary N) is 1. The van der Waals surface area contributed by atoms with Crippen LogP contribution in [0.1, 0.15) is 0 Å². The van der Waals surface area contributed by atoms with Gasteiger partial charge in [0.15, 0.2) is 14.4 Å². The molecule has 41 heavy (non-hydrogen) atoms. The zero-order valence-corrected chi connectivity index (χ0v) is 23.6. The molecule has 2 aliphatic rings. The standard InChI is InChI=1S/C37H29N3Si/c1-4-16-29(17-5-1)41(30-18-6-2-7-19-30,31-20-8-3-9-21-31)32-22-14-15-28(27-32)39-35-25-12-13-26-36(35)40-34-24-11-10-23-33(34)38-37(39)40/h1-27,37-38H. The maximum absolute atomic E-state index is 3.81. The van der Waals surface area contributed by atoms with Crippen LogP contribution in [0, 0.1) is 0 Å². The van der Waals surface area contributed by atoms with Gasteiger partial charge in [-0.15, -0.1) is 0 Å². The Kier molecular flexibility index (Phi) is 5.54. The van der Waals surface area contributed by atoms with Gasteiger partial charge < -0.3 is 10.2 Å². The summed E-state index contributed by atoms with van der Waals surface area (Å²) >= 11 is 0. The van der Waals surface area contributed by atoms with Crippen molar-refractivity contribution < 1.29 is 0 Å². The van der Waals surface area contributed by atoms with Crippen LogP contribution < -0.4 is 35.9 Å². The predicted molar refractivity (Wildman–Crippen MR) is 175 cm³/mol. The van der Waals surface area contributed by atoms with E-state index >= 15 is 0 Å². The van der Waals surface area contributed by atoms with Crippen LogP contribution in [0.5, 0.6) is 0 Å². The summed E-state index contributed by atoms with van der Waals surface area (Å²) in [7, 11) is -2.63. The summed E-state index contributed by atoms with van der Waals surface area (Å²) in [5, 5.41) is 9.31. The van der Waals surface area contributed by atoms with E-state index in [1.165, 1.54) is 43.5 Å². The van der Waals surface area contributed by atoms with Crippen LogP contribution in [0.3, 0.4) is 0 Å². The lowest BCUT2D eigenvalue weighted by Gasteiger charge is -2.35. The van der Waals surface area contributed by atoms with E-state index in [0.29, 0.717) is 0 Å². The fraction of sp³-hybridized carbons (Fsp3) is 0.0270. The Morgan fingerprint density at radius 3 is 1.46 bits per heavy atom. The van der Waals surface area contributed by atoms with Gasteiger partial charge in [0.25, 0.3) is 0 Å². The summed E-state index contributed by atoms with van der Waals surface area (Å²) in [6.45, 7) is 0. The van der Waals surface area contributed by atoms with Crippen LogP contribution in [0.25, 0.3) is 0 Å². The van der Waals surface area contributed by atoms with Crippen molar-refractivity contribution in [3.05, 3.63) is 164 Å². The minimum atomic E-state index is -2.63. The Bertz CT molecular complexity index is 1740. The summed E-state index contributed by atoms with van der Waals surface area (Å²) in [5.74, 6) is 0. The molecule has 6 aromatic carbocycles. The van der Waals surface area contributed by atoms with Crippen molar-refractivity contribution in [1.29, 1.82) is 0 Å². The van der Waals surface area contributed by atoms with E-state index in [0.717, 1.165) is 5.69 Å². The maximum atomic E-state index is 3.81. The quantitative estimate of drug-likeness (QED) is 0.211. The molecule has 0 amide bonds. The van der Waals surface area contributed by atoms with E-state index < -0.39 is 8.07 Å². The molecule has 0 saturated heterocycles. The van der Waals surface area contributed by atoms with Gasteiger partial charge in [-0.3, -0.25) is 4.90 Å². The third-order valence-electron chi connectivity index (χ3n) is 8.52. The molecular formula is C37H29N3Si. The number of hydrogen-bond donors (Lipinski definition) is 1. The zero-order chi connectivity index (χ0) is 27.2. The summed E-state index contributed by atoms with van der Waals surface area (Å²) in [5.41, 5.74) is 5.99. The van der Waals surface area contributed by atoms with Crippen molar-refractivity contribution in [2.24, 2.45) is 0 Å². The van der Waals surface area contributed by atoms with Gasteiger partial charge in [0.1, 0.15) is 0 Å². The van der Waals surface area contributed by atoms with Gasteiger partial charge in [0.2, 0.25) is 0 Å². The van der Waals surface area contributed by atoms with E-state index in [2.05, 4.69) is 179 Å². The van der Waals surface area contributed by atoms with Crippen molar-refractivity contribution >= 4 is 57.3 Å². The fourth-order valence-corrected chi connectivity index (χ4v) is 11.6. The molecule has 1 atom stereocenters. The Hall–Kier alpha value is -5.06. The lowest BCUT2D eigenvalue weighted by Crippen LogP contribution is -2.74. The minimum absolute atomic E-state index is 0.0266. The van der Waals surface area contributed by atoms with Crippen molar-refractivity contribution in [1.82, 2.24) is 0 Å². The molecule has 196 valence electrons. The fourth-order valence-electron chi connectivity index (χ4n) is 6.82. The van der Waals surface area contributed by atoms with Crippen LogP contribution in [0.4, 0.5) is 28.4 Å². The normalized spacial score (nSPS) is 15.2. The van der Waals surface area contributed by atoms with Crippen LogP contribution in [0.2, 0.25) is 0 Å². The Labute approximate surface area is 242 Å². The van der Waals surface area contributed by atoms with Gasteiger partial charge in [-0.1, -0.05) is 127 Å². The second-order valence-electron chi connectivity index (χ2n) is 10.7. The van der Waals surface area contributed by atoms with Crippen LogP contribution in [0.15, 0.2) is 164 Å². The van der Waals surface area contributed by atoms with Gasteiger partial charge >= 0.3 is 0 Å². The van der Waals surface area contributed by atoms with Crippen molar-refractivity contribution in [2.75, 3.05) is 15.1 Å². The number of para-hydroxylation sites is 4. The third-order valence-corrected chi connectivity index (χ3v) is 13.3. The second-order valence-corrected chi connectivity index (χ2v) is 14.5. The zero-order valence-electron chi connectivity index (χ0n) is 22.6. The molecule has 2 aliphatic heterocycles. The molecule has 1 N–H and O–H groups in total. The van der Waals surface area contributed by atoms with E-state index in [4.69, 9.17) is 0 Å². The molecule has 4 heteroatoms. The molecule has 0 aliphatic carbocycles. The first-order valence-electron chi connectivity index (χ1n) is 14.2. The lowest BCUT2D eigenvalue weighted by molar-refractivity contribution is 0.808. The van der Waals surface area contributed by atoms with Crippen molar-refractivity contribution in [3.63, 3.8) is 0 Å².